The van der Waals surface area contributed by atoms with Crippen molar-refractivity contribution in [3.8, 4) is 11.8 Å². The molecule has 0 aromatic rings. The third-order valence-corrected chi connectivity index (χ3v) is 1.33. The fraction of sp³-hybridized carbons (Fsp3) is 0.286. The maximum Gasteiger partial charge on any atom is 0 e. The quantitative estimate of drug-likeness (QED) is 0.259. The minimum absolute atomic E-state index is 0. The smallest absolute Gasteiger partial charge is 0 e. The van der Waals surface area contributed by atoms with Crippen LogP contribution in [0, 0.1) is 51.7 Å². The Morgan fingerprint density at radius 2 is 0.773 bits per heavy atom. The van der Waals surface area contributed by atoms with E-state index in [2.05, 4.69) is 58.3 Å². The second-order valence-electron chi connectivity index (χ2n) is 2.10. The molecular formula is C14H10Co2O6. The zero-order chi connectivity index (χ0) is 17.8. The van der Waals surface area contributed by atoms with E-state index in [9.17, 15) is 0 Å². The molecule has 1 aliphatic rings. The van der Waals surface area contributed by atoms with Gasteiger partial charge in [0, 0.05) is 46.4 Å². The Morgan fingerprint density at radius 3 is 0.955 bits per heavy atom. The van der Waals surface area contributed by atoms with Crippen LogP contribution in [0.4, 0.5) is 0 Å². The van der Waals surface area contributed by atoms with Gasteiger partial charge in [0.05, 0.1) is 0 Å². The summed E-state index contributed by atoms with van der Waals surface area (Å²) in [4.78, 5) is 0. The molecule has 0 spiro atoms. The van der Waals surface area contributed by atoms with E-state index in [-0.39, 0.29) is 33.6 Å². The van der Waals surface area contributed by atoms with Crippen molar-refractivity contribution in [3.05, 3.63) is 52.1 Å². The van der Waals surface area contributed by atoms with E-state index in [1.54, 1.807) is 0 Å². The summed E-state index contributed by atoms with van der Waals surface area (Å²) in [5, 5.41) is 0. The van der Waals surface area contributed by atoms with Gasteiger partial charge in [-0.1, -0.05) is 12.2 Å². The molecule has 1 aliphatic carbocycles. The minimum Gasteiger partial charge on any atom is 0 e. The Bertz CT molecular complexity index is 305. The van der Waals surface area contributed by atoms with E-state index in [1.807, 2.05) is 0 Å². The topological polar surface area (TPSA) is 119 Å². The van der Waals surface area contributed by atoms with Crippen molar-refractivity contribution in [2.24, 2.45) is 0 Å². The molecule has 0 saturated heterocycles. The molecule has 2 radical (unpaired) electrons. The first-order valence-corrected chi connectivity index (χ1v) is 4.24. The van der Waals surface area contributed by atoms with Crippen LogP contribution in [0.2, 0.25) is 0 Å². The summed E-state index contributed by atoms with van der Waals surface area (Å²) in [7, 11) is 0. The molecule has 6 nitrogen and oxygen atoms in total. The Hall–Kier alpha value is -1.25. The Labute approximate surface area is 151 Å². The summed E-state index contributed by atoms with van der Waals surface area (Å²) in [5.41, 5.74) is 1.35. The first kappa shape index (κ1) is 49.8. The molecule has 22 heavy (non-hydrogen) atoms. The molecule has 0 aliphatic heterocycles. The third-order valence-electron chi connectivity index (χ3n) is 1.33. The SMILES string of the molecule is C=C1CCC#CCC1.[C-]#[O+].[C-]#[O+].[C-]#[O+].[C-]#[O+].[C-]#[O+].[C-]#[O+].[Co].[Co]. The summed E-state index contributed by atoms with van der Waals surface area (Å²) in [6.45, 7) is 30.9. The van der Waals surface area contributed by atoms with E-state index >= 15 is 0 Å². The van der Waals surface area contributed by atoms with Crippen molar-refractivity contribution in [3.63, 3.8) is 0 Å². The van der Waals surface area contributed by atoms with Crippen LogP contribution < -0.4 is 0 Å². The van der Waals surface area contributed by atoms with Gasteiger partial charge in [-0.2, -0.15) is 0 Å². The van der Waals surface area contributed by atoms with Gasteiger partial charge < -0.3 is 0 Å². The number of allylic oxidation sites excluding steroid dienone is 1. The van der Waals surface area contributed by atoms with Crippen LogP contribution in [0.1, 0.15) is 25.7 Å². The molecule has 0 amide bonds. The van der Waals surface area contributed by atoms with Gasteiger partial charge in [0.25, 0.3) is 0 Å². The van der Waals surface area contributed by atoms with Crippen LogP contribution >= 0.6 is 0 Å². The molecular weight excluding hydrogens is 382 g/mol. The molecule has 8 heteroatoms. The van der Waals surface area contributed by atoms with Crippen LogP contribution in [0.25, 0.3) is 0 Å². The summed E-state index contributed by atoms with van der Waals surface area (Å²) in [6, 6.07) is 0. The molecule has 1 rings (SSSR count). The predicted octanol–water partition coefficient (Wildman–Crippen LogP) is 1.89. The first-order valence-electron chi connectivity index (χ1n) is 4.24. The standard InChI is InChI=1S/C8H10.6CO.2Co/c1-8-6-4-2-3-5-7-8;6*1-2;;/h1,4-7H2;;;;;;;;. The van der Waals surface area contributed by atoms with Gasteiger partial charge in [0.1, 0.15) is 0 Å². The third kappa shape index (κ3) is 98.3. The average Bonchev–Trinajstić information content (AvgIpc) is 2.86. The van der Waals surface area contributed by atoms with E-state index in [0.29, 0.717) is 0 Å². The maximum atomic E-state index is 7.50. The van der Waals surface area contributed by atoms with Crippen molar-refractivity contribution < 1.29 is 61.5 Å². The van der Waals surface area contributed by atoms with Crippen molar-refractivity contribution in [1.82, 2.24) is 0 Å². The van der Waals surface area contributed by atoms with E-state index in [0.717, 1.165) is 25.7 Å². The summed E-state index contributed by atoms with van der Waals surface area (Å²) in [6.07, 6.45) is 4.29. The molecule has 0 aromatic carbocycles. The molecule has 0 unspecified atom stereocenters. The molecule has 0 atom stereocenters. The van der Waals surface area contributed by atoms with E-state index in [1.165, 1.54) is 5.57 Å². The Morgan fingerprint density at radius 1 is 0.591 bits per heavy atom. The second-order valence-corrected chi connectivity index (χ2v) is 2.10. The van der Waals surface area contributed by atoms with Gasteiger partial charge in [-0.3, -0.25) is 0 Å². The Balaban J connectivity index is -0.0000000203. The van der Waals surface area contributed by atoms with Gasteiger partial charge in [0.15, 0.2) is 0 Å². The molecule has 0 fully saturated rings. The van der Waals surface area contributed by atoms with Gasteiger partial charge in [-0.25, -0.2) is 0 Å². The molecule has 0 bridgehead atoms. The van der Waals surface area contributed by atoms with Gasteiger partial charge in [0.2, 0.25) is 0 Å². The fourth-order valence-corrected chi connectivity index (χ4v) is 0.780. The summed E-state index contributed by atoms with van der Waals surface area (Å²) in [5.74, 6) is 6.13. The number of hydrogen-bond donors (Lipinski definition) is 0. The first-order chi connectivity index (χ1) is 9.89. The van der Waals surface area contributed by atoms with E-state index < -0.39 is 0 Å². The van der Waals surface area contributed by atoms with Crippen LogP contribution in [-0.2, 0) is 61.5 Å². The van der Waals surface area contributed by atoms with Crippen molar-refractivity contribution in [2.45, 2.75) is 25.7 Å². The van der Waals surface area contributed by atoms with Crippen LogP contribution in [0.15, 0.2) is 12.2 Å². The molecule has 0 N–H and O–H groups in total. The zero-order valence-corrected chi connectivity index (χ0v) is 13.2. The minimum atomic E-state index is 0. The fourth-order valence-electron chi connectivity index (χ4n) is 0.780. The number of rotatable bonds is 0. The predicted molar refractivity (Wildman–Crippen MR) is 59.0 cm³/mol. The normalized spacial score (nSPS) is 7.36. The molecule has 0 aromatic heterocycles. The van der Waals surface area contributed by atoms with Crippen LogP contribution in [-0.4, -0.2) is 0 Å². The van der Waals surface area contributed by atoms with E-state index in [4.69, 9.17) is 27.9 Å². The van der Waals surface area contributed by atoms with Crippen molar-refractivity contribution >= 4 is 0 Å². The van der Waals surface area contributed by atoms with Crippen molar-refractivity contribution in [2.75, 3.05) is 0 Å². The Kier molecular flexibility index (Phi) is 262. The molecule has 0 heterocycles. The zero-order valence-electron chi connectivity index (χ0n) is 11.2. The summed E-state index contributed by atoms with van der Waals surface area (Å²) >= 11 is 0. The van der Waals surface area contributed by atoms with Crippen molar-refractivity contribution in [1.29, 1.82) is 0 Å². The van der Waals surface area contributed by atoms with Gasteiger partial charge >= 0.3 is 67.8 Å². The second kappa shape index (κ2) is 116. The molecule has 0 saturated carbocycles. The maximum absolute atomic E-state index is 7.50. The largest absolute Gasteiger partial charge is 0 e. The van der Waals surface area contributed by atoms with Crippen LogP contribution in [0.3, 0.4) is 0 Å². The number of hydrogen-bond acceptors (Lipinski definition) is 0. The van der Waals surface area contributed by atoms with Crippen LogP contribution in [0.5, 0.6) is 0 Å². The van der Waals surface area contributed by atoms with Gasteiger partial charge in [-0.15, -0.1) is 11.8 Å². The molecule has 120 valence electrons. The summed E-state index contributed by atoms with van der Waals surface area (Å²) < 4.78 is 45.0. The monoisotopic (exact) mass is 392 g/mol. The average molecular weight is 392 g/mol. The van der Waals surface area contributed by atoms with Gasteiger partial charge in [-0.05, 0) is 12.8 Å².